The van der Waals surface area contributed by atoms with E-state index in [0.717, 1.165) is 0 Å². The summed E-state index contributed by atoms with van der Waals surface area (Å²) in [6, 6.07) is 4.55. The fourth-order valence-corrected chi connectivity index (χ4v) is 1.14. The molecule has 0 aliphatic rings. The number of hydrogen-bond acceptors (Lipinski definition) is 5. The van der Waals surface area contributed by atoms with Crippen molar-refractivity contribution in [1.82, 2.24) is 0 Å². The van der Waals surface area contributed by atoms with Crippen LogP contribution in [0.15, 0.2) is 24.3 Å². The van der Waals surface area contributed by atoms with Crippen molar-refractivity contribution >= 4 is 17.6 Å². The van der Waals surface area contributed by atoms with E-state index in [1.165, 1.54) is 12.1 Å². The van der Waals surface area contributed by atoms with Crippen LogP contribution in [0.25, 0.3) is 0 Å². The summed E-state index contributed by atoms with van der Waals surface area (Å²) in [6.45, 7) is 1.78. The summed E-state index contributed by atoms with van der Waals surface area (Å²) in [5, 5.41) is 11.6. The van der Waals surface area contributed by atoms with Crippen LogP contribution in [-0.2, 0) is 14.3 Å². The van der Waals surface area contributed by atoms with E-state index >= 15 is 0 Å². The second-order valence-corrected chi connectivity index (χ2v) is 3.27. The molecule has 0 radical (unpaired) electrons. The molecule has 6 heteroatoms. The number of carbonyl (C=O) groups is 2. The lowest BCUT2D eigenvalue weighted by atomic mass is 10.2. The van der Waals surface area contributed by atoms with Gasteiger partial charge in [-0.15, -0.1) is 0 Å². The van der Waals surface area contributed by atoms with Crippen LogP contribution in [0.4, 0.5) is 5.69 Å². The zero-order chi connectivity index (χ0) is 12.8. The van der Waals surface area contributed by atoms with Crippen LogP contribution in [-0.4, -0.2) is 29.6 Å². The van der Waals surface area contributed by atoms with Gasteiger partial charge in [-0.25, -0.2) is 4.79 Å². The van der Waals surface area contributed by atoms with Gasteiger partial charge in [-0.05, 0) is 19.1 Å². The third kappa shape index (κ3) is 3.76. The van der Waals surface area contributed by atoms with Crippen molar-refractivity contribution in [3.63, 3.8) is 0 Å². The highest BCUT2D eigenvalue weighted by Gasteiger charge is 2.23. The standard InChI is InChI=1S/C11H14N2O4/c1-2-17-11(16)9(12)10(15)13-7-4-3-5-8(14)6-7/h3-6,9,14H,2,12H2,1H3,(H,13,15). The smallest absolute Gasteiger partial charge is 0.332 e. The predicted molar refractivity (Wildman–Crippen MR) is 61.3 cm³/mol. The van der Waals surface area contributed by atoms with Crippen LogP contribution < -0.4 is 11.1 Å². The molecule has 6 nitrogen and oxygen atoms in total. The number of ether oxygens (including phenoxy) is 1. The topological polar surface area (TPSA) is 102 Å². The first-order valence-electron chi connectivity index (χ1n) is 5.06. The normalized spacial score (nSPS) is 11.6. The van der Waals surface area contributed by atoms with Crippen molar-refractivity contribution in [2.45, 2.75) is 13.0 Å². The van der Waals surface area contributed by atoms with Crippen molar-refractivity contribution in [1.29, 1.82) is 0 Å². The third-order valence-corrected chi connectivity index (χ3v) is 1.94. The molecule has 1 aromatic carbocycles. The van der Waals surface area contributed by atoms with Gasteiger partial charge in [0.05, 0.1) is 6.61 Å². The number of rotatable bonds is 4. The van der Waals surface area contributed by atoms with E-state index in [2.05, 4.69) is 10.1 Å². The summed E-state index contributed by atoms with van der Waals surface area (Å²) < 4.78 is 4.61. The Labute approximate surface area is 98.4 Å². The van der Waals surface area contributed by atoms with Crippen LogP contribution in [0.1, 0.15) is 6.92 Å². The van der Waals surface area contributed by atoms with Gasteiger partial charge in [-0.2, -0.15) is 0 Å². The Bertz CT molecular complexity index is 420. The lowest BCUT2D eigenvalue weighted by molar-refractivity contribution is -0.146. The minimum Gasteiger partial charge on any atom is -0.508 e. The van der Waals surface area contributed by atoms with Crippen molar-refractivity contribution < 1.29 is 19.4 Å². The molecule has 1 rings (SSSR count). The van der Waals surface area contributed by atoms with E-state index in [4.69, 9.17) is 5.73 Å². The number of anilines is 1. The molecule has 1 aromatic rings. The quantitative estimate of drug-likeness (QED) is 0.514. The summed E-state index contributed by atoms with van der Waals surface area (Å²) in [5.41, 5.74) is 5.74. The summed E-state index contributed by atoms with van der Waals surface area (Å²) in [6.07, 6.45) is 0. The average molecular weight is 238 g/mol. The fourth-order valence-electron chi connectivity index (χ4n) is 1.14. The second kappa shape index (κ2) is 5.86. The second-order valence-electron chi connectivity index (χ2n) is 3.27. The molecule has 0 saturated carbocycles. The molecular formula is C11H14N2O4. The summed E-state index contributed by atoms with van der Waals surface area (Å²) in [4.78, 5) is 22.7. The molecule has 92 valence electrons. The molecule has 17 heavy (non-hydrogen) atoms. The van der Waals surface area contributed by atoms with Gasteiger partial charge in [0.25, 0.3) is 5.91 Å². The number of phenols is 1. The predicted octanol–water partition coefficient (Wildman–Crippen LogP) is 0.221. The minimum absolute atomic E-state index is 0.00695. The van der Waals surface area contributed by atoms with Crippen molar-refractivity contribution in [2.24, 2.45) is 5.73 Å². The zero-order valence-corrected chi connectivity index (χ0v) is 9.34. The van der Waals surface area contributed by atoms with E-state index < -0.39 is 17.9 Å². The summed E-state index contributed by atoms with van der Waals surface area (Å²) in [7, 11) is 0. The van der Waals surface area contributed by atoms with Gasteiger partial charge in [0.1, 0.15) is 5.75 Å². The fraction of sp³-hybridized carbons (Fsp3) is 0.273. The number of esters is 1. The van der Waals surface area contributed by atoms with Crippen LogP contribution in [0.2, 0.25) is 0 Å². The highest BCUT2D eigenvalue weighted by molar-refractivity contribution is 6.08. The minimum atomic E-state index is -1.38. The van der Waals surface area contributed by atoms with Crippen LogP contribution in [0.5, 0.6) is 5.75 Å². The Hall–Kier alpha value is -2.08. The van der Waals surface area contributed by atoms with Crippen molar-refractivity contribution in [3.8, 4) is 5.75 Å². The number of carbonyl (C=O) groups excluding carboxylic acids is 2. The van der Waals surface area contributed by atoms with Gasteiger partial charge >= 0.3 is 5.97 Å². The summed E-state index contributed by atoms with van der Waals surface area (Å²) >= 11 is 0. The molecule has 0 saturated heterocycles. The van der Waals surface area contributed by atoms with E-state index in [1.807, 2.05) is 0 Å². The number of phenolic OH excluding ortho intramolecular Hbond substituents is 1. The summed E-state index contributed by atoms with van der Waals surface area (Å²) in [5.74, 6) is -1.47. The van der Waals surface area contributed by atoms with E-state index in [-0.39, 0.29) is 12.4 Å². The van der Waals surface area contributed by atoms with Gasteiger partial charge < -0.3 is 20.9 Å². The molecule has 0 aliphatic heterocycles. The molecule has 1 atom stereocenters. The Kier molecular flexibility index (Phi) is 4.47. The molecule has 4 N–H and O–H groups in total. The molecule has 0 bridgehead atoms. The Balaban J connectivity index is 2.63. The number of amides is 1. The SMILES string of the molecule is CCOC(=O)C(N)C(=O)Nc1cccc(O)c1. The van der Waals surface area contributed by atoms with Crippen LogP contribution >= 0.6 is 0 Å². The first-order chi connectivity index (χ1) is 8.04. The molecule has 0 heterocycles. The Morgan fingerprint density at radius 1 is 1.53 bits per heavy atom. The van der Waals surface area contributed by atoms with Crippen molar-refractivity contribution in [3.05, 3.63) is 24.3 Å². The maximum Gasteiger partial charge on any atom is 0.332 e. The first-order valence-corrected chi connectivity index (χ1v) is 5.06. The van der Waals surface area contributed by atoms with Gasteiger partial charge in [-0.1, -0.05) is 6.07 Å². The van der Waals surface area contributed by atoms with Gasteiger partial charge in [0.15, 0.2) is 6.04 Å². The van der Waals surface area contributed by atoms with Crippen LogP contribution in [0.3, 0.4) is 0 Å². The number of benzene rings is 1. The molecular weight excluding hydrogens is 224 g/mol. The Morgan fingerprint density at radius 3 is 2.82 bits per heavy atom. The van der Waals surface area contributed by atoms with Gasteiger partial charge in [-0.3, -0.25) is 4.79 Å². The number of nitrogens with one attached hydrogen (secondary N) is 1. The van der Waals surface area contributed by atoms with E-state index in [9.17, 15) is 14.7 Å². The molecule has 1 amide bonds. The van der Waals surface area contributed by atoms with Crippen molar-refractivity contribution in [2.75, 3.05) is 11.9 Å². The molecule has 0 aliphatic carbocycles. The zero-order valence-electron chi connectivity index (χ0n) is 9.34. The third-order valence-electron chi connectivity index (χ3n) is 1.94. The molecule has 0 spiro atoms. The maximum atomic E-state index is 11.5. The molecule has 1 unspecified atom stereocenters. The monoisotopic (exact) mass is 238 g/mol. The van der Waals surface area contributed by atoms with Gasteiger partial charge in [0.2, 0.25) is 0 Å². The van der Waals surface area contributed by atoms with E-state index in [1.54, 1.807) is 19.1 Å². The van der Waals surface area contributed by atoms with Gasteiger partial charge in [0, 0.05) is 11.8 Å². The van der Waals surface area contributed by atoms with Crippen LogP contribution in [0, 0.1) is 0 Å². The Morgan fingerprint density at radius 2 is 2.24 bits per heavy atom. The maximum absolute atomic E-state index is 11.5. The number of hydrogen-bond donors (Lipinski definition) is 3. The highest BCUT2D eigenvalue weighted by Crippen LogP contribution is 2.15. The lowest BCUT2D eigenvalue weighted by Crippen LogP contribution is -2.43. The largest absolute Gasteiger partial charge is 0.508 e. The average Bonchev–Trinajstić information content (AvgIpc) is 2.28. The first kappa shape index (κ1) is 13.0. The lowest BCUT2D eigenvalue weighted by Gasteiger charge is -2.11. The number of nitrogens with two attached hydrogens (primary N) is 1. The molecule has 0 aromatic heterocycles. The number of aromatic hydroxyl groups is 1. The highest BCUT2D eigenvalue weighted by atomic mass is 16.5. The van der Waals surface area contributed by atoms with E-state index in [0.29, 0.717) is 5.69 Å². The molecule has 0 fully saturated rings.